The van der Waals surface area contributed by atoms with E-state index in [1.54, 1.807) is 32.4 Å². The number of piperidine rings is 1. The number of aryl methyl sites for hydroxylation is 1. The Morgan fingerprint density at radius 1 is 1.06 bits per heavy atom. The van der Waals surface area contributed by atoms with Crippen molar-refractivity contribution in [1.29, 1.82) is 0 Å². The van der Waals surface area contributed by atoms with Crippen molar-refractivity contribution in [2.45, 2.75) is 31.1 Å². The molecule has 31 heavy (non-hydrogen) atoms. The number of benzene rings is 2. The molecule has 1 aliphatic heterocycles. The number of ether oxygens (including phenoxy) is 2. The third kappa shape index (κ3) is 5.57. The Balaban J connectivity index is 1.50. The molecule has 0 radical (unpaired) electrons. The van der Waals surface area contributed by atoms with Crippen LogP contribution in [0.2, 0.25) is 0 Å². The molecule has 0 bridgehead atoms. The highest BCUT2D eigenvalue weighted by Gasteiger charge is 2.32. The van der Waals surface area contributed by atoms with Crippen LogP contribution in [0, 0.1) is 12.8 Å². The van der Waals surface area contributed by atoms with Gasteiger partial charge in [0, 0.05) is 25.6 Å². The van der Waals surface area contributed by atoms with Gasteiger partial charge < -0.3 is 14.8 Å². The first-order chi connectivity index (χ1) is 14.8. The number of hydrogen-bond acceptors (Lipinski definition) is 5. The highest BCUT2D eigenvalue weighted by Crippen LogP contribution is 2.27. The molecular weight excluding hydrogens is 416 g/mol. The molecule has 1 heterocycles. The van der Waals surface area contributed by atoms with Crippen molar-refractivity contribution >= 4 is 15.9 Å². The molecule has 3 rings (SSSR count). The Labute approximate surface area is 184 Å². The molecule has 8 heteroatoms. The summed E-state index contributed by atoms with van der Waals surface area (Å²) in [5.41, 5.74) is 1.89. The molecule has 0 aliphatic carbocycles. The second kappa shape index (κ2) is 10.2. The maximum Gasteiger partial charge on any atom is 0.243 e. The molecule has 1 fully saturated rings. The van der Waals surface area contributed by atoms with Crippen molar-refractivity contribution < 1.29 is 22.7 Å². The summed E-state index contributed by atoms with van der Waals surface area (Å²) in [4.78, 5) is 12.8. The molecule has 1 aliphatic rings. The number of rotatable bonds is 8. The van der Waals surface area contributed by atoms with E-state index in [1.807, 2.05) is 31.2 Å². The SMILES string of the molecule is COc1ccc(CCNC(=O)C2CCN(S(=O)(=O)c3ccc(OC)c(C)c3)CC2)cc1. The van der Waals surface area contributed by atoms with Gasteiger partial charge in [0.2, 0.25) is 15.9 Å². The van der Waals surface area contributed by atoms with E-state index < -0.39 is 10.0 Å². The van der Waals surface area contributed by atoms with Gasteiger partial charge in [-0.3, -0.25) is 4.79 Å². The van der Waals surface area contributed by atoms with Crippen molar-refractivity contribution in [3.63, 3.8) is 0 Å². The van der Waals surface area contributed by atoms with Crippen molar-refractivity contribution in [3.05, 3.63) is 53.6 Å². The second-order valence-corrected chi connectivity index (χ2v) is 9.64. The van der Waals surface area contributed by atoms with E-state index in [4.69, 9.17) is 9.47 Å². The van der Waals surface area contributed by atoms with Gasteiger partial charge in [-0.15, -0.1) is 0 Å². The molecule has 1 amide bonds. The number of methoxy groups -OCH3 is 2. The van der Waals surface area contributed by atoms with Crippen LogP contribution in [-0.4, -0.2) is 52.5 Å². The van der Waals surface area contributed by atoms with Crippen molar-refractivity contribution in [3.8, 4) is 11.5 Å². The minimum atomic E-state index is -3.58. The number of carbonyl (C=O) groups is 1. The fourth-order valence-corrected chi connectivity index (χ4v) is 5.34. The fourth-order valence-electron chi connectivity index (χ4n) is 3.79. The summed E-state index contributed by atoms with van der Waals surface area (Å²) in [7, 11) is -0.394. The van der Waals surface area contributed by atoms with Crippen LogP contribution in [-0.2, 0) is 21.2 Å². The molecule has 0 spiro atoms. The van der Waals surface area contributed by atoms with Crippen LogP contribution >= 0.6 is 0 Å². The Morgan fingerprint density at radius 3 is 2.32 bits per heavy atom. The quantitative estimate of drug-likeness (QED) is 0.674. The van der Waals surface area contributed by atoms with Crippen LogP contribution in [0.1, 0.15) is 24.0 Å². The number of carbonyl (C=O) groups excluding carboxylic acids is 1. The number of amides is 1. The van der Waals surface area contributed by atoms with Gasteiger partial charge >= 0.3 is 0 Å². The Kier molecular flexibility index (Phi) is 7.56. The molecule has 168 valence electrons. The van der Waals surface area contributed by atoms with Gasteiger partial charge in [-0.25, -0.2) is 8.42 Å². The molecule has 2 aromatic carbocycles. The van der Waals surface area contributed by atoms with E-state index in [0.717, 1.165) is 23.3 Å². The third-order valence-electron chi connectivity index (χ3n) is 5.70. The Bertz CT molecular complexity index is 997. The molecule has 1 saturated heterocycles. The van der Waals surface area contributed by atoms with Crippen molar-refractivity contribution in [2.75, 3.05) is 33.9 Å². The molecule has 7 nitrogen and oxygen atoms in total. The van der Waals surface area contributed by atoms with E-state index in [9.17, 15) is 13.2 Å². The van der Waals surface area contributed by atoms with Crippen LogP contribution in [0.15, 0.2) is 47.4 Å². The standard InChI is InChI=1S/C23H30N2O5S/c1-17-16-21(8-9-22(17)30-3)31(27,28)25-14-11-19(12-15-25)23(26)24-13-10-18-4-6-20(29-2)7-5-18/h4-9,16,19H,10-15H2,1-3H3,(H,24,26). The lowest BCUT2D eigenvalue weighted by Crippen LogP contribution is -2.43. The van der Waals surface area contributed by atoms with Gasteiger partial charge in [0.05, 0.1) is 19.1 Å². The molecule has 1 N–H and O–H groups in total. The Morgan fingerprint density at radius 2 is 1.74 bits per heavy atom. The first kappa shape index (κ1) is 23.1. The highest BCUT2D eigenvalue weighted by atomic mass is 32.2. The summed E-state index contributed by atoms with van der Waals surface area (Å²) in [6.07, 6.45) is 1.77. The summed E-state index contributed by atoms with van der Waals surface area (Å²) >= 11 is 0. The molecule has 2 aromatic rings. The largest absolute Gasteiger partial charge is 0.497 e. The third-order valence-corrected chi connectivity index (χ3v) is 7.60. The van der Waals surface area contributed by atoms with Gasteiger partial charge in [0.15, 0.2) is 0 Å². The number of nitrogens with zero attached hydrogens (tertiary/aromatic N) is 1. The summed E-state index contributed by atoms with van der Waals surface area (Å²) in [5, 5.41) is 2.98. The second-order valence-electron chi connectivity index (χ2n) is 7.70. The maximum absolute atomic E-state index is 13.0. The van der Waals surface area contributed by atoms with E-state index >= 15 is 0 Å². The zero-order chi connectivity index (χ0) is 22.4. The summed E-state index contributed by atoms with van der Waals surface area (Å²) in [6.45, 7) is 3.04. The topological polar surface area (TPSA) is 84.9 Å². The van der Waals surface area contributed by atoms with Crippen molar-refractivity contribution in [2.24, 2.45) is 5.92 Å². The van der Waals surface area contributed by atoms with E-state index in [2.05, 4.69) is 5.32 Å². The van der Waals surface area contributed by atoms with Crippen LogP contribution in [0.4, 0.5) is 0 Å². The van der Waals surface area contributed by atoms with Gasteiger partial charge in [-0.1, -0.05) is 12.1 Å². The maximum atomic E-state index is 13.0. The van der Waals surface area contributed by atoms with E-state index in [1.165, 1.54) is 4.31 Å². The predicted molar refractivity (Wildman–Crippen MR) is 119 cm³/mol. The molecule has 0 aromatic heterocycles. The average Bonchev–Trinajstić information content (AvgIpc) is 2.79. The molecule has 0 atom stereocenters. The zero-order valence-electron chi connectivity index (χ0n) is 18.3. The minimum Gasteiger partial charge on any atom is -0.497 e. The fraction of sp³-hybridized carbons (Fsp3) is 0.435. The zero-order valence-corrected chi connectivity index (χ0v) is 19.1. The lowest BCUT2D eigenvalue weighted by molar-refractivity contribution is -0.126. The first-order valence-electron chi connectivity index (χ1n) is 10.4. The Hall–Kier alpha value is -2.58. The van der Waals surface area contributed by atoms with Crippen LogP contribution in [0.5, 0.6) is 11.5 Å². The van der Waals surface area contributed by atoms with E-state index in [0.29, 0.717) is 38.2 Å². The van der Waals surface area contributed by atoms with E-state index in [-0.39, 0.29) is 16.7 Å². The highest BCUT2D eigenvalue weighted by molar-refractivity contribution is 7.89. The van der Waals surface area contributed by atoms with Crippen LogP contribution < -0.4 is 14.8 Å². The van der Waals surface area contributed by atoms with Crippen LogP contribution in [0.3, 0.4) is 0 Å². The normalized spacial score (nSPS) is 15.5. The van der Waals surface area contributed by atoms with Gasteiger partial charge in [0.1, 0.15) is 11.5 Å². The van der Waals surface area contributed by atoms with Crippen LogP contribution in [0.25, 0.3) is 0 Å². The number of nitrogens with one attached hydrogen (secondary N) is 1. The van der Waals surface area contributed by atoms with Gasteiger partial charge in [-0.2, -0.15) is 4.31 Å². The summed E-state index contributed by atoms with van der Waals surface area (Å²) < 4.78 is 37.8. The first-order valence-corrected chi connectivity index (χ1v) is 11.8. The number of sulfonamides is 1. The van der Waals surface area contributed by atoms with Crippen molar-refractivity contribution in [1.82, 2.24) is 9.62 Å². The smallest absolute Gasteiger partial charge is 0.243 e. The predicted octanol–water partition coefficient (Wildman–Crippen LogP) is 2.77. The van der Waals surface area contributed by atoms with Gasteiger partial charge in [0.25, 0.3) is 0 Å². The number of hydrogen-bond donors (Lipinski definition) is 1. The van der Waals surface area contributed by atoms with Gasteiger partial charge in [-0.05, 0) is 67.6 Å². The average molecular weight is 447 g/mol. The summed E-state index contributed by atoms with van der Waals surface area (Å²) in [6, 6.07) is 12.6. The molecule has 0 unspecified atom stereocenters. The minimum absolute atomic E-state index is 0.00847. The molecule has 0 saturated carbocycles. The molecular formula is C23H30N2O5S. The lowest BCUT2D eigenvalue weighted by atomic mass is 9.97. The summed E-state index contributed by atoms with van der Waals surface area (Å²) in [5.74, 6) is 1.29. The monoisotopic (exact) mass is 446 g/mol. The lowest BCUT2D eigenvalue weighted by Gasteiger charge is -2.30.